The second kappa shape index (κ2) is 6.26. The second-order valence-electron chi connectivity index (χ2n) is 6.93. The van der Waals surface area contributed by atoms with Gasteiger partial charge in [-0.05, 0) is 37.5 Å². The molecule has 0 fully saturated rings. The molecule has 6 heteroatoms. The summed E-state index contributed by atoms with van der Waals surface area (Å²) in [5.41, 5.74) is 4.39. The van der Waals surface area contributed by atoms with Crippen molar-refractivity contribution in [2.24, 2.45) is 0 Å². The summed E-state index contributed by atoms with van der Waals surface area (Å²) in [7, 11) is 0. The SMILES string of the molecule is Cc1sc(NC(=O)CN2CC3CCC(=O)c4cccc2c43)c(C#N)c1C. The zero-order valence-electron chi connectivity index (χ0n) is 14.8. The van der Waals surface area contributed by atoms with Crippen LogP contribution in [0.25, 0.3) is 0 Å². The lowest BCUT2D eigenvalue weighted by molar-refractivity contribution is -0.114. The molecule has 26 heavy (non-hydrogen) atoms. The monoisotopic (exact) mass is 365 g/mol. The van der Waals surface area contributed by atoms with E-state index < -0.39 is 0 Å². The molecule has 1 amide bonds. The van der Waals surface area contributed by atoms with Gasteiger partial charge in [0.1, 0.15) is 11.1 Å². The van der Waals surface area contributed by atoms with E-state index in [9.17, 15) is 14.9 Å². The quantitative estimate of drug-likeness (QED) is 0.899. The third-order valence-electron chi connectivity index (χ3n) is 5.38. The van der Waals surface area contributed by atoms with Gasteiger partial charge in [-0.2, -0.15) is 5.26 Å². The maximum absolute atomic E-state index is 12.6. The van der Waals surface area contributed by atoms with Crippen molar-refractivity contribution in [3.63, 3.8) is 0 Å². The van der Waals surface area contributed by atoms with Crippen LogP contribution in [0.4, 0.5) is 10.7 Å². The first-order valence-corrected chi connectivity index (χ1v) is 9.52. The Labute approximate surface area is 156 Å². The van der Waals surface area contributed by atoms with Crippen molar-refractivity contribution in [1.29, 1.82) is 5.26 Å². The Bertz CT molecular complexity index is 970. The van der Waals surface area contributed by atoms with Crippen LogP contribution < -0.4 is 10.2 Å². The van der Waals surface area contributed by atoms with Crippen LogP contribution in [0.5, 0.6) is 0 Å². The van der Waals surface area contributed by atoms with Gasteiger partial charge in [0.05, 0.1) is 12.1 Å². The molecule has 0 radical (unpaired) electrons. The lowest BCUT2D eigenvalue weighted by Gasteiger charge is -2.19. The summed E-state index contributed by atoms with van der Waals surface area (Å²) in [5, 5.41) is 12.9. The normalized spacial score (nSPS) is 17.8. The molecule has 2 aliphatic rings. The number of nitrogens with one attached hydrogen (secondary N) is 1. The summed E-state index contributed by atoms with van der Waals surface area (Å²) in [5.74, 6) is 0.394. The number of anilines is 2. The van der Waals surface area contributed by atoms with Crippen molar-refractivity contribution in [2.75, 3.05) is 23.3 Å². The summed E-state index contributed by atoms with van der Waals surface area (Å²) in [6.45, 7) is 4.84. The summed E-state index contributed by atoms with van der Waals surface area (Å²) in [6, 6.07) is 7.96. The first kappa shape index (κ1) is 16.8. The zero-order valence-corrected chi connectivity index (χ0v) is 15.6. The molecular weight excluding hydrogens is 346 g/mol. The number of ketones is 1. The van der Waals surface area contributed by atoms with E-state index in [1.165, 1.54) is 11.3 Å². The smallest absolute Gasteiger partial charge is 0.244 e. The highest BCUT2D eigenvalue weighted by Gasteiger charge is 2.36. The van der Waals surface area contributed by atoms with Gasteiger partial charge in [-0.1, -0.05) is 12.1 Å². The number of hydrogen-bond donors (Lipinski definition) is 1. The largest absolute Gasteiger partial charge is 0.361 e. The van der Waals surface area contributed by atoms with E-state index >= 15 is 0 Å². The molecule has 2 aromatic rings. The molecule has 4 rings (SSSR count). The Kier molecular flexibility index (Phi) is 4.04. The van der Waals surface area contributed by atoms with Gasteiger partial charge in [0, 0.05) is 35.0 Å². The van der Waals surface area contributed by atoms with Crippen LogP contribution in [-0.4, -0.2) is 24.8 Å². The van der Waals surface area contributed by atoms with E-state index in [2.05, 4.69) is 16.3 Å². The highest BCUT2D eigenvalue weighted by atomic mass is 32.1. The fourth-order valence-corrected chi connectivity index (χ4v) is 5.00. The van der Waals surface area contributed by atoms with Crippen LogP contribution in [0.1, 0.15) is 50.7 Å². The molecule has 1 aliphatic heterocycles. The lowest BCUT2D eigenvalue weighted by Crippen LogP contribution is -2.32. The number of nitriles is 1. The summed E-state index contributed by atoms with van der Waals surface area (Å²) in [6.07, 6.45) is 1.43. The number of rotatable bonds is 3. The molecule has 0 saturated carbocycles. The van der Waals surface area contributed by atoms with E-state index in [4.69, 9.17) is 0 Å². The van der Waals surface area contributed by atoms with Crippen LogP contribution in [0.15, 0.2) is 18.2 Å². The van der Waals surface area contributed by atoms with E-state index in [-0.39, 0.29) is 18.2 Å². The predicted molar refractivity (Wildman–Crippen MR) is 102 cm³/mol. The standard InChI is InChI=1S/C20H19N3O2S/c1-11-12(2)26-20(15(11)8-21)22-18(25)10-23-9-13-6-7-17(24)14-4-3-5-16(23)19(13)14/h3-5,13H,6-7,9-10H2,1-2H3,(H,22,25). The van der Waals surface area contributed by atoms with Gasteiger partial charge in [0.2, 0.25) is 5.91 Å². The topological polar surface area (TPSA) is 73.2 Å². The van der Waals surface area contributed by atoms with Crippen molar-refractivity contribution < 1.29 is 9.59 Å². The summed E-state index contributed by atoms with van der Waals surface area (Å²) in [4.78, 5) is 27.9. The van der Waals surface area contributed by atoms with Gasteiger partial charge < -0.3 is 10.2 Å². The fraction of sp³-hybridized carbons (Fsp3) is 0.350. The van der Waals surface area contributed by atoms with Gasteiger partial charge in [0.15, 0.2) is 5.78 Å². The van der Waals surface area contributed by atoms with Gasteiger partial charge in [-0.25, -0.2) is 0 Å². The molecule has 0 spiro atoms. The molecule has 1 N–H and O–H groups in total. The molecule has 1 aromatic carbocycles. The third kappa shape index (κ3) is 2.60. The Morgan fingerprint density at radius 3 is 3.00 bits per heavy atom. The lowest BCUT2D eigenvalue weighted by atomic mass is 9.83. The number of aryl methyl sites for hydroxylation is 1. The average molecular weight is 365 g/mol. The van der Waals surface area contributed by atoms with Crippen LogP contribution in [0.2, 0.25) is 0 Å². The number of carbonyl (C=O) groups excluding carboxylic acids is 2. The number of Topliss-reactive ketones (excluding diaryl/α,β-unsaturated/α-hetero) is 1. The third-order valence-corrected chi connectivity index (χ3v) is 6.50. The van der Waals surface area contributed by atoms with Gasteiger partial charge in [-0.3, -0.25) is 9.59 Å². The molecule has 1 atom stereocenters. The van der Waals surface area contributed by atoms with Crippen LogP contribution in [0.3, 0.4) is 0 Å². The van der Waals surface area contributed by atoms with Crippen LogP contribution >= 0.6 is 11.3 Å². The van der Waals surface area contributed by atoms with E-state index in [0.717, 1.165) is 40.2 Å². The highest BCUT2D eigenvalue weighted by Crippen LogP contribution is 2.44. The molecule has 0 bridgehead atoms. The van der Waals surface area contributed by atoms with Crippen molar-refractivity contribution in [3.8, 4) is 6.07 Å². The van der Waals surface area contributed by atoms with E-state index in [1.807, 2.05) is 32.0 Å². The molecule has 2 heterocycles. The highest BCUT2D eigenvalue weighted by molar-refractivity contribution is 7.16. The van der Waals surface area contributed by atoms with E-state index in [1.54, 1.807) is 0 Å². The van der Waals surface area contributed by atoms with Gasteiger partial charge in [-0.15, -0.1) is 11.3 Å². The number of benzene rings is 1. The zero-order chi connectivity index (χ0) is 18.4. The van der Waals surface area contributed by atoms with Gasteiger partial charge >= 0.3 is 0 Å². The van der Waals surface area contributed by atoms with Crippen molar-refractivity contribution >= 4 is 33.7 Å². The Morgan fingerprint density at radius 1 is 1.42 bits per heavy atom. The predicted octanol–water partition coefficient (Wildman–Crippen LogP) is 3.76. The maximum Gasteiger partial charge on any atom is 0.244 e. The minimum absolute atomic E-state index is 0.134. The van der Waals surface area contributed by atoms with Crippen molar-refractivity contribution in [2.45, 2.75) is 32.6 Å². The Morgan fingerprint density at radius 2 is 2.23 bits per heavy atom. The number of carbonyl (C=O) groups is 2. The molecule has 5 nitrogen and oxygen atoms in total. The number of amides is 1. The van der Waals surface area contributed by atoms with Crippen molar-refractivity contribution in [3.05, 3.63) is 45.3 Å². The number of thiophene rings is 1. The van der Waals surface area contributed by atoms with Crippen LogP contribution in [0, 0.1) is 25.2 Å². The average Bonchev–Trinajstić information content (AvgIpc) is 3.10. The second-order valence-corrected chi connectivity index (χ2v) is 8.15. The maximum atomic E-state index is 12.6. The minimum atomic E-state index is -0.134. The number of hydrogen-bond acceptors (Lipinski definition) is 5. The van der Waals surface area contributed by atoms with E-state index in [0.29, 0.717) is 22.9 Å². The summed E-state index contributed by atoms with van der Waals surface area (Å²) < 4.78 is 0. The molecule has 1 aromatic heterocycles. The molecule has 132 valence electrons. The van der Waals surface area contributed by atoms with Gasteiger partial charge in [0.25, 0.3) is 0 Å². The molecular formula is C20H19N3O2S. The Balaban J connectivity index is 1.55. The molecule has 1 unspecified atom stereocenters. The van der Waals surface area contributed by atoms with Crippen molar-refractivity contribution in [1.82, 2.24) is 0 Å². The molecule has 0 saturated heterocycles. The number of nitrogens with zero attached hydrogens (tertiary/aromatic N) is 2. The fourth-order valence-electron chi connectivity index (χ4n) is 3.97. The summed E-state index contributed by atoms with van der Waals surface area (Å²) >= 11 is 1.44. The first-order chi connectivity index (χ1) is 12.5. The molecule has 1 aliphatic carbocycles. The minimum Gasteiger partial charge on any atom is -0.361 e. The first-order valence-electron chi connectivity index (χ1n) is 8.70. The van der Waals surface area contributed by atoms with Crippen LogP contribution in [-0.2, 0) is 4.79 Å². The Hall–Kier alpha value is -2.65.